The molecule has 3 N–H and O–H groups in total. The zero-order valence-electron chi connectivity index (χ0n) is 9.79. The van der Waals surface area contributed by atoms with Crippen molar-refractivity contribution in [2.45, 2.75) is 38.6 Å². The lowest BCUT2D eigenvalue weighted by Crippen LogP contribution is -2.35. The van der Waals surface area contributed by atoms with E-state index in [1.54, 1.807) is 4.90 Å². The molecule has 16 heavy (non-hydrogen) atoms. The summed E-state index contributed by atoms with van der Waals surface area (Å²) in [5.74, 6) is -0.0752. The number of carbonyl (C=O) groups is 1. The molecule has 88 valence electrons. The summed E-state index contributed by atoms with van der Waals surface area (Å²) in [6, 6.07) is 0.351. The van der Waals surface area contributed by atoms with Gasteiger partial charge in [-0.1, -0.05) is 12.8 Å². The molecular weight excluding hydrogens is 204 g/mol. The van der Waals surface area contributed by atoms with Crippen molar-refractivity contribution in [3.05, 3.63) is 11.4 Å². The summed E-state index contributed by atoms with van der Waals surface area (Å²) in [7, 11) is 1.84. The maximum atomic E-state index is 12.1. The number of nitrogen functional groups attached to an aromatic ring is 1. The summed E-state index contributed by atoms with van der Waals surface area (Å²) in [6.45, 7) is 1.81. The number of rotatable bonds is 2. The Bertz CT molecular complexity index is 393. The van der Waals surface area contributed by atoms with Crippen molar-refractivity contribution in [1.29, 1.82) is 0 Å². The number of hydrogen-bond acceptors (Lipinski definition) is 3. The second kappa shape index (κ2) is 4.15. The third kappa shape index (κ3) is 1.77. The molecule has 0 aromatic carbocycles. The molecule has 1 saturated carbocycles. The van der Waals surface area contributed by atoms with Gasteiger partial charge < -0.3 is 10.6 Å². The predicted molar refractivity (Wildman–Crippen MR) is 62.1 cm³/mol. The van der Waals surface area contributed by atoms with Gasteiger partial charge in [0.2, 0.25) is 0 Å². The molecule has 0 radical (unpaired) electrons. The van der Waals surface area contributed by atoms with Crippen LogP contribution >= 0.6 is 0 Å². The van der Waals surface area contributed by atoms with Crippen LogP contribution in [0.5, 0.6) is 0 Å². The summed E-state index contributed by atoms with van der Waals surface area (Å²) in [6.07, 6.45) is 4.59. The van der Waals surface area contributed by atoms with E-state index >= 15 is 0 Å². The van der Waals surface area contributed by atoms with Gasteiger partial charge in [-0.3, -0.25) is 9.89 Å². The number of aromatic amines is 1. The largest absolute Gasteiger partial charge is 0.395 e. The zero-order chi connectivity index (χ0) is 11.7. The molecule has 1 aliphatic carbocycles. The van der Waals surface area contributed by atoms with E-state index in [4.69, 9.17) is 5.73 Å². The summed E-state index contributed by atoms with van der Waals surface area (Å²) in [5.41, 5.74) is 7.37. The molecule has 1 fully saturated rings. The fraction of sp³-hybridized carbons (Fsp3) is 0.636. The third-order valence-electron chi connectivity index (χ3n) is 3.39. The van der Waals surface area contributed by atoms with Crippen LogP contribution in [0.1, 0.15) is 41.9 Å². The summed E-state index contributed by atoms with van der Waals surface area (Å²) >= 11 is 0. The minimum atomic E-state index is -0.0752. The van der Waals surface area contributed by atoms with Crippen LogP contribution in [0.15, 0.2) is 0 Å². The molecule has 1 aromatic rings. The Kier molecular flexibility index (Phi) is 2.85. The molecule has 0 atom stereocenters. The lowest BCUT2D eigenvalue weighted by atomic mass is 10.2. The van der Waals surface area contributed by atoms with Crippen molar-refractivity contribution in [3.8, 4) is 0 Å². The van der Waals surface area contributed by atoms with Gasteiger partial charge in [0, 0.05) is 13.1 Å². The number of aryl methyl sites for hydroxylation is 1. The Hall–Kier alpha value is -1.52. The number of anilines is 1. The number of aromatic nitrogens is 2. The molecular formula is C11H18N4O. The van der Waals surface area contributed by atoms with Crippen molar-refractivity contribution in [1.82, 2.24) is 15.1 Å². The maximum Gasteiger partial charge on any atom is 0.276 e. The van der Waals surface area contributed by atoms with E-state index in [-0.39, 0.29) is 5.91 Å². The Morgan fingerprint density at radius 1 is 1.50 bits per heavy atom. The molecule has 0 spiro atoms. The Morgan fingerprint density at radius 3 is 2.62 bits per heavy atom. The molecule has 5 nitrogen and oxygen atoms in total. The number of amides is 1. The number of hydrogen-bond donors (Lipinski definition) is 2. The molecule has 1 aliphatic rings. The molecule has 0 saturated heterocycles. The average molecular weight is 222 g/mol. The van der Waals surface area contributed by atoms with Gasteiger partial charge in [-0.2, -0.15) is 5.10 Å². The van der Waals surface area contributed by atoms with Crippen molar-refractivity contribution in [3.63, 3.8) is 0 Å². The van der Waals surface area contributed by atoms with E-state index in [0.717, 1.165) is 18.5 Å². The molecule has 1 heterocycles. The average Bonchev–Trinajstić information content (AvgIpc) is 2.89. The van der Waals surface area contributed by atoms with Gasteiger partial charge >= 0.3 is 0 Å². The topological polar surface area (TPSA) is 75.0 Å². The lowest BCUT2D eigenvalue weighted by molar-refractivity contribution is 0.0730. The summed E-state index contributed by atoms with van der Waals surface area (Å²) in [4.78, 5) is 13.9. The highest BCUT2D eigenvalue weighted by molar-refractivity contribution is 5.97. The number of nitrogens with two attached hydrogens (primary N) is 1. The van der Waals surface area contributed by atoms with Crippen molar-refractivity contribution in [2.24, 2.45) is 0 Å². The lowest BCUT2D eigenvalue weighted by Gasteiger charge is -2.23. The molecule has 0 unspecified atom stereocenters. The molecule has 1 amide bonds. The highest BCUT2D eigenvalue weighted by Crippen LogP contribution is 2.24. The Morgan fingerprint density at radius 2 is 2.12 bits per heavy atom. The number of nitrogens with one attached hydrogen (secondary N) is 1. The zero-order valence-corrected chi connectivity index (χ0v) is 9.79. The monoisotopic (exact) mass is 222 g/mol. The summed E-state index contributed by atoms with van der Waals surface area (Å²) in [5, 5.41) is 6.71. The minimum absolute atomic E-state index is 0.0752. The first kappa shape index (κ1) is 11.0. The number of H-pyrrole nitrogens is 1. The van der Waals surface area contributed by atoms with E-state index in [9.17, 15) is 4.79 Å². The second-order valence-corrected chi connectivity index (χ2v) is 4.47. The van der Waals surface area contributed by atoms with Crippen molar-refractivity contribution in [2.75, 3.05) is 12.8 Å². The first-order valence-electron chi connectivity index (χ1n) is 5.69. The predicted octanol–water partition coefficient (Wildman–Crippen LogP) is 1.31. The van der Waals surface area contributed by atoms with Crippen molar-refractivity contribution < 1.29 is 4.79 Å². The fourth-order valence-corrected chi connectivity index (χ4v) is 2.23. The number of nitrogens with zero attached hydrogens (tertiary/aromatic N) is 2. The molecule has 0 aliphatic heterocycles. The third-order valence-corrected chi connectivity index (χ3v) is 3.39. The second-order valence-electron chi connectivity index (χ2n) is 4.47. The van der Waals surface area contributed by atoms with Crippen LogP contribution in [0.3, 0.4) is 0 Å². The van der Waals surface area contributed by atoms with E-state index in [1.165, 1.54) is 12.8 Å². The van der Waals surface area contributed by atoms with Gasteiger partial charge in [0.1, 0.15) is 0 Å². The van der Waals surface area contributed by atoms with Gasteiger partial charge in [-0.25, -0.2) is 0 Å². The van der Waals surface area contributed by atoms with Gasteiger partial charge in [0.05, 0.1) is 11.4 Å². The first-order chi connectivity index (χ1) is 7.61. The smallest absolute Gasteiger partial charge is 0.276 e. The van der Waals surface area contributed by atoms with Crippen LogP contribution in [0, 0.1) is 6.92 Å². The van der Waals surface area contributed by atoms with Gasteiger partial charge in [-0.15, -0.1) is 0 Å². The van der Waals surface area contributed by atoms with E-state index in [0.29, 0.717) is 17.4 Å². The molecule has 2 rings (SSSR count). The van der Waals surface area contributed by atoms with Crippen LogP contribution in [-0.4, -0.2) is 34.1 Å². The van der Waals surface area contributed by atoms with E-state index in [2.05, 4.69) is 10.2 Å². The fourth-order valence-electron chi connectivity index (χ4n) is 2.23. The van der Waals surface area contributed by atoms with E-state index in [1.807, 2.05) is 14.0 Å². The normalized spacial score (nSPS) is 16.6. The molecule has 0 bridgehead atoms. The van der Waals surface area contributed by atoms with Gasteiger partial charge in [0.25, 0.3) is 5.91 Å². The quantitative estimate of drug-likeness (QED) is 0.792. The van der Waals surface area contributed by atoms with Gasteiger partial charge in [-0.05, 0) is 19.8 Å². The molecule has 5 heteroatoms. The van der Waals surface area contributed by atoms with Gasteiger partial charge in [0.15, 0.2) is 5.69 Å². The minimum Gasteiger partial charge on any atom is -0.395 e. The Balaban J connectivity index is 2.15. The number of carbonyl (C=O) groups excluding carboxylic acids is 1. The standard InChI is InChI=1S/C11H18N4O/c1-7-9(12)10(14-13-7)11(16)15(2)8-5-3-4-6-8/h8H,3-6,12H2,1-2H3,(H,13,14). The first-order valence-corrected chi connectivity index (χ1v) is 5.69. The Labute approximate surface area is 95.0 Å². The summed E-state index contributed by atoms with van der Waals surface area (Å²) < 4.78 is 0. The SMILES string of the molecule is Cc1[nH]nc(C(=O)N(C)C2CCCC2)c1N. The van der Waals surface area contributed by atoms with Crippen LogP contribution in [0.25, 0.3) is 0 Å². The highest BCUT2D eigenvalue weighted by atomic mass is 16.2. The van der Waals surface area contributed by atoms with Crippen molar-refractivity contribution >= 4 is 11.6 Å². The van der Waals surface area contributed by atoms with Crippen LogP contribution < -0.4 is 5.73 Å². The van der Waals surface area contributed by atoms with Crippen LogP contribution in [-0.2, 0) is 0 Å². The van der Waals surface area contributed by atoms with E-state index < -0.39 is 0 Å². The van der Waals surface area contributed by atoms with Crippen LogP contribution in [0.4, 0.5) is 5.69 Å². The maximum absolute atomic E-state index is 12.1. The molecule has 1 aromatic heterocycles. The highest BCUT2D eigenvalue weighted by Gasteiger charge is 2.27. The van der Waals surface area contributed by atoms with Crippen LogP contribution in [0.2, 0.25) is 0 Å².